The van der Waals surface area contributed by atoms with E-state index in [0.717, 1.165) is 71.2 Å². The standard InChI is InChI=1S/C33H47FN6O5S/c1-22(2)40(26-7-8-26)32(41)28-15-24(34)5-10-29(28)45-30-16-35-21-36-31(30)39-19-33(20-39)11-13-38(14-12-33)17-27-9-6-25(18-44-27)37-46(42,43)23(3)4/h5,10,15-16,21-23,25-27,37H,6-9,11-14,17-20H2,1-4H3/t25-,27+/m1/s1. The molecule has 1 aromatic carbocycles. The minimum Gasteiger partial charge on any atom is -0.451 e. The van der Waals surface area contributed by atoms with Crippen LogP contribution < -0.4 is 14.4 Å². The van der Waals surface area contributed by atoms with Gasteiger partial charge in [0, 0.05) is 43.2 Å². The Kier molecular flexibility index (Phi) is 9.57. The number of piperidine rings is 1. The van der Waals surface area contributed by atoms with Crippen LogP contribution in [0.25, 0.3) is 0 Å². The first-order valence-electron chi connectivity index (χ1n) is 16.6. The molecule has 6 rings (SSSR count). The van der Waals surface area contributed by atoms with Crippen LogP contribution in [0.1, 0.15) is 76.6 Å². The highest BCUT2D eigenvalue weighted by molar-refractivity contribution is 7.90. The number of hydrogen-bond donors (Lipinski definition) is 1. The minimum absolute atomic E-state index is 0.00372. The van der Waals surface area contributed by atoms with Crippen LogP contribution in [-0.4, -0.2) is 103 Å². The van der Waals surface area contributed by atoms with Crippen molar-refractivity contribution in [2.75, 3.05) is 44.2 Å². The molecule has 13 heteroatoms. The second-order valence-electron chi connectivity index (χ2n) is 14.1. The number of ether oxygens (including phenoxy) is 2. The monoisotopic (exact) mass is 658 g/mol. The summed E-state index contributed by atoms with van der Waals surface area (Å²) >= 11 is 0. The van der Waals surface area contributed by atoms with Crippen molar-refractivity contribution in [1.82, 2.24) is 24.5 Å². The first-order chi connectivity index (χ1) is 21.9. The second kappa shape index (κ2) is 13.3. The molecule has 2 aromatic rings. The summed E-state index contributed by atoms with van der Waals surface area (Å²) < 4.78 is 53.9. The number of nitrogens with one attached hydrogen (secondary N) is 1. The number of aromatic nitrogens is 2. The summed E-state index contributed by atoms with van der Waals surface area (Å²) in [5.41, 5.74) is 0.406. The molecule has 3 saturated heterocycles. The number of carbonyl (C=O) groups excluding carboxylic acids is 1. The van der Waals surface area contributed by atoms with Crippen LogP contribution in [0.2, 0.25) is 0 Å². The lowest BCUT2D eigenvalue weighted by Crippen LogP contribution is -2.61. The average molecular weight is 659 g/mol. The maximum Gasteiger partial charge on any atom is 0.258 e. The summed E-state index contributed by atoms with van der Waals surface area (Å²) in [4.78, 5) is 28.8. The minimum atomic E-state index is -3.30. The molecule has 2 atom stereocenters. The van der Waals surface area contributed by atoms with Gasteiger partial charge >= 0.3 is 0 Å². The summed E-state index contributed by atoms with van der Waals surface area (Å²) in [5, 5.41) is -0.451. The molecule has 0 bridgehead atoms. The van der Waals surface area contributed by atoms with E-state index in [2.05, 4.69) is 24.5 Å². The highest BCUT2D eigenvalue weighted by Gasteiger charge is 2.46. The fraction of sp³-hybridized carbons (Fsp3) is 0.667. The maximum absolute atomic E-state index is 14.4. The van der Waals surface area contributed by atoms with Gasteiger partial charge in [0.1, 0.15) is 17.9 Å². The molecule has 1 N–H and O–H groups in total. The number of sulfonamides is 1. The lowest BCUT2D eigenvalue weighted by atomic mass is 9.72. The van der Waals surface area contributed by atoms with Crippen molar-refractivity contribution >= 4 is 21.7 Å². The predicted molar refractivity (Wildman–Crippen MR) is 173 cm³/mol. The number of halogens is 1. The van der Waals surface area contributed by atoms with E-state index >= 15 is 0 Å². The van der Waals surface area contributed by atoms with Crippen LogP contribution in [0, 0.1) is 11.2 Å². The van der Waals surface area contributed by atoms with Gasteiger partial charge in [-0.15, -0.1) is 0 Å². The van der Waals surface area contributed by atoms with Crippen molar-refractivity contribution in [2.45, 2.75) is 95.7 Å². The molecule has 0 radical (unpaired) electrons. The van der Waals surface area contributed by atoms with Crippen LogP contribution in [0.4, 0.5) is 10.2 Å². The van der Waals surface area contributed by atoms with E-state index in [4.69, 9.17) is 9.47 Å². The van der Waals surface area contributed by atoms with Crippen LogP contribution in [0.15, 0.2) is 30.7 Å². The predicted octanol–water partition coefficient (Wildman–Crippen LogP) is 4.20. The number of anilines is 1. The Labute approximate surface area is 271 Å². The van der Waals surface area contributed by atoms with E-state index in [1.807, 2.05) is 18.7 Å². The highest BCUT2D eigenvalue weighted by Crippen LogP contribution is 2.45. The molecular formula is C33H47FN6O5S. The maximum atomic E-state index is 14.4. The lowest BCUT2D eigenvalue weighted by Gasteiger charge is -2.54. The molecule has 4 heterocycles. The van der Waals surface area contributed by atoms with Crippen molar-refractivity contribution in [1.29, 1.82) is 0 Å². The van der Waals surface area contributed by atoms with E-state index in [0.29, 0.717) is 23.9 Å². The van der Waals surface area contributed by atoms with E-state index in [1.54, 1.807) is 20.0 Å². The third-order valence-corrected chi connectivity index (χ3v) is 11.7. The van der Waals surface area contributed by atoms with Crippen LogP contribution in [0.3, 0.4) is 0 Å². The fourth-order valence-corrected chi connectivity index (χ4v) is 7.87. The van der Waals surface area contributed by atoms with E-state index in [1.165, 1.54) is 24.5 Å². The normalized spacial score (nSPS) is 23.5. The van der Waals surface area contributed by atoms with Gasteiger partial charge in [-0.3, -0.25) is 4.79 Å². The average Bonchev–Trinajstić information content (AvgIpc) is 3.83. The zero-order valence-electron chi connectivity index (χ0n) is 27.3. The van der Waals surface area contributed by atoms with E-state index in [-0.39, 0.29) is 41.1 Å². The molecule has 11 nitrogen and oxygen atoms in total. The third-order valence-electron chi connectivity index (χ3n) is 9.83. The molecule has 1 saturated carbocycles. The summed E-state index contributed by atoms with van der Waals surface area (Å²) in [6.45, 7) is 12.3. The SMILES string of the molecule is CC(C)N(C(=O)c1cc(F)ccc1Oc1cncnc1N1CC2(CCN(C[C@@H]3CC[C@@H](NS(=O)(=O)C(C)C)CO3)CC2)C1)C1CC1. The molecule has 252 valence electrons. The molecule has 1 spiro atoms. The number of amides is 1. The van der Waals surface area contributed by atoms with Crippen LogP contribution in [0.5, 0.6) is 11.5 Å². The molecule has 1 amide bonds. The molecule has 4 fully saturated rings. The number of rotatable bonds is 11. The van der Waals surface area contributed by atoms with Gasteiger partial charge in [-0.1, -0.05) is 0 Å². The highest BCUT2D eigenvalue weighted by atomic mass is 32.2. The number of likely N-dealkylation sites (tertiary alicyclic amines) is 1. The number of carbonyl (C=O) groups is 1. The van der Waals surface area contributed by atoms with Gasteiger partial charge < -0.3 is 24.2 Å². The van der Waals surface area contributed by atoms with Gasteiger partial charge in [0.2, 0.25) is 10.0 Å². The second-order valence-corrected chi connectivity index (χ2v) is 16.4. The first kappa shape index (κ1) is 33.0. The Morgan fingerprint density at radius 2 is 1.87 bits per heavy atom. The Bertz CT molecular complexity index is 1490. The van der Waals surface area contributed by atoms with Crippen molar-refractivity contribution in [3.8, 4) is 11.5 Å². The van der Waals surface area contributed by atoms with Gasteiger partial charge in [-0.05, 0) is 97.5 Å². The molecular weight excluding hydrogens is 611 g/mol. The summed E-state index contributed by atoms with van der Waals surface area (Å²) in [7, 11) is -3.30. The Hall–Kier alpha value is -2.87. The van der Waals surface area contributed by atoms with Crippen LogP contribution >= 0.6 is 0 Å². The Balaban J connectivity index is 1.03. The Morgan fingerprint density at radius 1 is 1.13 bits per heavy atom. The zero-order chi connectivity index (χ0) is 32.6. The van der Waals surface area contributed by atoms with Gasteiger partial charge in [-0.2, -0.15) is 0 Å². The summed E-state index contributed by atoms with van der Waals surface area (Å²) in [5.74, 6) is 0.706. The zero-order valence-corrected chi connectivity index (χ0v) is 28.1. The van der Waals surface area contributed by atoms with Crippen molar-refractivity contribution in [3.05, 3.63) is 42.1 Å². The van der Waals surface area contributed by atoms with Crippen molar-refractivity contribution in [3.63, 3.8) is 0 Å². The first-order valence-corrected chi connectivity index (χ1v) is 18.2. The summed E-state index contributed by atoms with van der Waals surface area (Å²) in [6.07, 6.45) is 8.91. The van der Waals surface area contributed by atoms with Crippen LogP contribution in [-0.2, 0) is 14.8 Å². The lowest BCUT2D eigenvalue weighted by molar-refractivity contribution is -0.0299. The molecule has 0 unspecified atom stereocenters. The van der Waals surface area contributed by atoms with E-state index in [9.17, 15) is 17.6 Å². The largest absolute Gasteiger partial charge is 0.451 e. The molecule has 3 aliphatic heterocycles. The van der Waals surface area contributed by atoms with E-state index < -0.39 is 21.1 Å². The molecule has 4 aliphatic rings. The smallest absolute Gasteiger partial charge is 0.258 e. The number of hydrogen-bond acceptors (Lipinski definition) is 9. The van der Waals surface area contributed by atoms with Gasteiger partial charge in [-0.25, -0.2) is 27.5 Å². The number of nitrogens with zero attached hydrogens (tertiary/aromatic N) is 5. The van der Waals surface area contributed by atoms with Crippen molar-refractivity contribution < 1.29 is 27.1 Å². The molecule has 1 aromatic heterocycles. The van der Waals surface area contributed by atoms with Gasteiger partial charge in [0.05, 0.1) is 29.7 Å². The molecule has 1 aliphatic carbocycles. The quantitative estimate of drug-likeness (QED) is 0.379. The number of benzene rings is 1. The van der Waals surface area contributed by atoms with Gasteiger partial charge in [0.25, 0.3) is 5.91 Å². The molecule has 46 heavy (non-hydrogen) atoms. The Morgan fingerprint density at radius 3 is 2.50 bits per heavy atom. The topological polar surface area (TPSA) is 117 Å². The fourth-order valence-electron chi connectivity index (χ4n) is 6.95. The third kappa shape index (κ3) is 7.32. The summed E-state index contributed by atoms with van der Waals surface area (Å²) in [6, 6.07) is 4.11. The van der Waals surface area contributed by atoms with Gasteiger partial charge in [0.15, 0.2) is 11.6 Å². The van der Waals surface area contributed by atoms with Crippen molar-refractivity contribution in [2.24, 2.45) is 5.41 Å².